The first-order valence-electron chi connectivity index (χ1n) is 11.1. The minimum atomic E-state index is -1.67. The zero-order valence-electron chi connectivity index (χ0n) is 18.9. The van der Waals surface area contributed by atoms with E-state index in [2.05, 4.69) is 0 Å². The first kappa shape index (κ1) is 23.5. The van der Waals surface area contributed by atoms with Gasteiger partial charge >= 0.3 is 18.0 Å². The lowest BCUT2D eigenvalue weighted by Gasteiger charge is -2.34. The van der Waals surface area contributed by atoms with E-state index in [-0.39, 0.29) is 19.6 Å². The van der Waals surface area contributed by atoms with Crippen LogP contribution in [0.4, 0.5) is 4.79 Å². The van der Waals surface area contributed by atoms with Crippen LogP contribution in [0.15, 0.2) is 0 Å². The molecule has 6 atom stereocenters. The highest BCUT2D eigenvalue weighted by Gasteiger charge is 2.78. The molecular weight excluding hydrogens is 406 g/mol. The fraction of sp³-hybridized carbons (Fsp3) is 0.818. The Hall–Kier alpha value is -2.16. The van der Waals surface area contributed by atoms with Gasteiger partial charge in [0.25, 0.3) is 0 Å². The molecule has 2 saturated carbocycles. The van der Waals surface area contributed by atoms with Crippen LogP contribution in [0, 0.1) is 23.2 Å². The van der Waals surface area contributed by atoms with Gasteiger partial charge in [0, 0.05) is 18.4 Å². The summed E-state index contributed by atoms with van der Waals surface area (Å²) in [5.41, 5.74) is -2.40. The van der Waals surface area contributed by atoms with Crippen molar-refractivity contribution in [2.24, 2.45) is 23.2 Å². The standard InChI is InChI=1S/C22H33NO8/c1-6-29-18(26)15-14-13(24)11-22(16(14)15,19(27)30-7-2)17(25)12-9-8-10-23(12)20(28)31-21(3,4)5/h12-16,24H,6-11H2,1-5H3/t12-,13-,14-,15-,16-,22-/m0/s1. The molecule has 0 unspecified atom stereocenters. The molecular formula is C22H33NO8. The molecule has 0 aromatic heterocycles. The van der Waals surface area contributed by atoms with Crippen molar-refractivity contribution in [2.45, 2.75) is 71.6 Å². The summed E-state index contributed by atoms with van der Waals surface area (Å²) in [7, 11) is 0. The van der Waals surface area contributed by atoms with Crippen molar-refractivity contribution >= 4 is 23.8 Å². The third kappa shape index (κ3) is 4.04. The van der Waals surface area contributed by atoms with Crippen molar-refractivity contribution in [3.63, 3.8) is 0 Å². The Balaban J connectivity index is 1.92. The number of amides is 1. The largest absolute Gasteiger partial charge is 0.466 e. The summed E-state index contributed by atoms with van der Waals surface area (Å²) in [5, 5.41) is 10.6. The summed E-state index contributed by atoms with van der Waals surface area (Å²) in [6, 6.07) is -0.867. The number of hydrogen-bond acceptors (Lipinski definition) is 8. The molecule has 3 rings (SSSR count). The average molecular weight is 440 g/mol. The second kappa shape index (κ2) is 8.41. The van der Waals surface area contributed by atoms with Gasteiger partial charge in [0.05, 0.1) is 31.3 Å². The number of fused-ring (bicyclic) bond motifs is 1. The van der Waals surface area contributed by atoms with Crippen molar-refractivity contribution < 1.29 is 38.5 Å². The van der Waals surface area contributed by atoms with Gasteiger partial charge in [-0.2, -0.15) is 0 Å². The van der Waals surface area contributed by atoms with Crippen LogP contribution >= 0.6 is 0 Å². The predicted molar refractivity (Wildman–Crippen MR) is 108 cm³/mol. The zero-order valence-corrected chi connectivity index (χ0v) is 18.9. The number of ketones is 1. The Morgan fingerprint density at radius 2 is 1.74 bits per heavy atom. The van der Waals surface area contributed by atoms with Crippen LogP contribution in [0.25, 0.3) is 0 Å². The topological polar surface area (TPSA) is 119 Å². The van der Waals surface area contributed by atoms with Gasteiger partial charge in [-0.25, -0.2) is 4.79 Å². The van der Waals surface area contributed by atoms with Crippen LogP contribution in [0.2, 0.25) is 0 Å². The molecule has 174 valence electrons. The zero-order chi connectivity index (χ0) is 23.1. The Morgan fingerprint density at radius 1 is 1.10 bits per heavy atom. The summed E-state index contributed by atoms with van der Waals surface area (Å²) >= 11 is 0. The van der Waals surface area contributed by atoms with E-state index in [9.17, 15) is 24.3 Å². The summed E-state index contributed by atoms with van der Waals surface area (Å²) in [5.74, 6) is -3.68. The number of hydrogen-bond donors (Lipinski definition) is 1. The molecule has 1 aliphatic heterocycles. The van der Waals surface area contributed by atoms with Crippen LogP contribution in [-0.2, 0) is 28.6 Å². The fourth-order valence-corrected chi connectivity index (χ4v) is 5.31. The molecule has 1 amide bonds. The number of carbonyl (C=O) groups is 4. The molecule has 31 heavy (non-hydrogen) atoms. The Kier molecular flexibility index (Phi) is 6.37. The number of ether oxygens (including phenoxy) is 3. The predicted octanol–water partition coefficient (Wildman–Crippen LogP) is 1.69. The first-order valence-corrected chi connectivity index (χ1v) is 11.1. The van der Waals surface area contributed by atoms with Gasteiger partial charge in [0.2, 0.25) is 0 Å². The van der Waals surface area contributed by atoms with E-state index in [1.54, 1.807) is 34.6 Å². The number of carbonyl (C=O) groups excluding carboxylic acids is 4. The second-order valence-electron chi connectivity index (χ2n) is 9.54. The smallest absolute Gasteiger partial charge is 0.410 e. The quantitative estimate of drug-likeness (QED) is 0.377. The number of likely N-dealkylation sites (tertiary alicyclic amines) is 1. The van der Waals surface area contributed by atoms with Gasteiger partial charge in [-0.15, -0.1) is 0 Å². The van der Waals surface area contributed by atoms with Crippen LogP contribution in [0.5, 0.6) is 0 Å². The highest BCUT2D eigenvalue weighted by atomic mass is 16.6. The van der Waals surface area contributed by atoms with Crippen molar-refractivity contribution in [1.82, 2.24) is 4.90 Å². The van der Waals surface area contributed by atoms with Gasteiger partial charge in [0.1, 0.15) is 11.0 Å². The molecule has 3 fully saturated rings. The number of esters is 2. The fourth-order valence-electron chi connectivity index (χ4n) is 5.31. The molecule has 0 aromatic rings. The lowest BCUT2D eigenvalue weighted by molar-refractivity contribution is -0.165. The third-order valence-corrected chi connectivity index (χ3v) is 6.44. The lowest BCUT2D eigenvalue weighted by atomic mass is 9.73. The Bertz CT molecular complexity index is 759. The van der Waals surface area contributed by atoms with E-state index < -0.39 is 64.7 Å². The lowest BCUT2D eigenvalue weighted by Crippen LogP contribution is -2.53. The number of rotatable bonds is 6. The Labute approximate surface area is 182 Å². The van der Waals surface area contributed by atoms with Gasteiger partial charge in [-0.05, 0) is 53.9 Å². The van der Waals surface area contributed by atoms with E-state index in [0.717, 1.165) is 0 Å². The molecule has 0 aromatic carbocycles. The van der Waals surface area contributed by atoms with E-state index in [4.69, 9.17) is 14.2 Å². The average Bonchev–Trinajstić information content (AvgIpc) is 3.08. The first-order chi connectivity index (χ1) is 14.5. The summed E-state index contributed by atoms with van der Waals surface area (Å²) in [6.45, 7) is 9.09. The minimum Gasteiger partial charge on any atom is -0.466 e. The summed E-state index contributed by atoms with van der Waals surface area (Å²) in [4.78, 5) is 53.5. The monoisotopic (exact) mass is 439 g/mol. The molecule has 9 nitrogen and oxygen atoms in total. The van der Waals surface area contributed by atoms with Crippen molar-refractivity contribution in [2.75, 3.05) is 19.8 Å². The number of aliphatic hydroxyl groups excluding tert-OH is 1. The summed E-state index contributed by atoms with van der Waals surface area (Å²) < 4.78 is 15.8. The molecule has 0 spiro atoms. The highest BCUT2D eigenvalue weighted by Crippen LogP contribution is 2.68. The van der Waals surface area contributed by atoms with Crippen molar-refractivity contribution in [3.8, 4) is 0 Å². The number of Topliss-reactive ketones (excluding diaryl/α,β-unsaturated/α-hetero) is 1. The van der Waals surface area contributed by atoms with Crippen molar-refractivity contribution in [1.29, 1.82) is 0 Å². The molecule has 1 heterocycles. The molecule has 0 bridgehead atoms. The van der Waals surface area contributed by atoms with Gasteiger partial charge in [-0.3, -0.25) is 19.3 Å². The van der Waals surface area contributed by atoms with E-state index >= 15 is 0 Å². The molecule has 9 heteroatoms. The van der Waals surface area contributed by atoms with Crippen LogP contribution < -0.4 is 0 Å². The van der Waals surface area contributed by atoms with E-state index in [0.29, 0.717) is 19.4 Å². The molecule has 2 aliphatic carbocycles. The van der Waals surface area contributed by atoms with E-state index in [1.165, 1.54) is 4.90 Å². The normalized spacial score (nSPS) is 34.1. The van der Waals surface area contributed by atoms with Gasteiger partial charge in [-0.1, -0.05) is 0 Å². The maximum absolute atomic E-state index is 13.9. The van der Waals surface area contributed by atoms with Crippen LogP contribution in [-0.4, -0.2) is 71.3 Å². The molecule has 0 radical (unpaired) electrons. The second-order valence-corrected chi connectivity index (χ2v) is 9.54. The van der Waals surface area contributed by atoms with E-state index in [1.807, 2.05) is 0 Å². The maximum Gasteiger partial charge on any atom is 0.410 e. The number of nitrogens with zero attached hydrogens (tertiary/aromatic N) is 1. The molecule has 3 aliphatic rings. The van der Waals surface area contributed by atoms with Gasteiger partial charge in [0.15, 0.2) is 5.78 Å². The number of aliphatic hydroxyl groups is 1. The third-order valence-electron chi connectivity index (χ3n) is 6.44. The maximum atomic E-state index is 13.9. The van der Waals surface area contributed by atoms with Crippen LogP contribution in [0.1, 0.15) is 53.9 Å². The van der Waals surface area contributed by atoms with Crippen LogP contribution in [0.3, 0.4) is 0 Å². The Morgan fingerprint density at radius 3 is 2.32 bits per heavy atom. The minimum absolute atomic E-state index is 0.0614. The highest BCUT2D eigenvalue weighted by molar-refractivity contribution is 6.09. The van der Waals surface area contributed by atoms with Gasteiger partial charge < -0.3 is 19.3 Å². The SMILES string of the molecule is CCOC(=O)[C@H]1[C@H]2[C@@H]1[C@](C(=O)OCC)(C(=O)[C@@H]1CCCN1C(=O)OC(C)(C)C)C[C@@H]2O. The molecule has 1 N–H and O–H groups in total. The summed E-state index contributed by atoms with van der Waals surface area (Å²) in [6.07, 6.45) is -0.753. The molecule has 1 saturated heterocycles. The van der Waals surface area contributed by atoms with Crippen molar-refractivity contribution in [3.05, 3.63) is 0 Å².